The van der Waals surface area contributed by atoms with Gasteiger partial charge in [0.1, 0.15) is 0 Å². The standard InChI is InChI=1S/C21H23N3O3S/c1-2-22-16-19(18-10-6-7-11-20(18)22)21(25)23-12-14-24(15-13-23)28(26,27)17-8-4-3-5-9-17/h3-11,16H,2,12-15H2,1H3. The zero-order valence-corrected chi connectivity index (χ0v) is 16.6. The first-order valence-corrected chi connectivity index (χ1v) is 10.9. The van der Waals surface area contributed by atoms with Crippen LogP contribution in [0.4, 0.5) is 0 Å². The van der Waals surface area contributed by atoms with Crippen LogP contribution in [0.5, 0.6) is 0 Å². The lowest BCUT2D eigenvalue weighted by atomic mass is 10.1. The van der Waals surface area contributed by atoms with Gasteiger partial charge in [-0.2, -0.15) is 4.31 Å². The quantitative estimate of drug-likeness (QED) is 0.680. The monoisotopic (exact) mass is 397 g/mol. The predicted octanol–water partition coefficient (Wildman–Crippen LogP) is 2.81. The Balaban J connectivity index is 1.52. The molecule has 0 saturated carbocycles. The van der Waals surface area contributed by atoms with Crippen molar-refractivity contribution in [1.82, 2.24) is 13.8 Å². The Morgan fingerprint density at radius 1 is 0.929 bits per heavy atom. The molecular weight excluding hydrogens is 374 g/mol. The van der Waals surface area contributed by atoms with Crippen molar-refractivity contribution in [1.29, 1.82) is 0 Å². The van der Waals surface area contributed by atoms with Crippen molar-refractivity contribution in [3.63, 3.8) is 0 Å². The second-order valence-corrected chi connectivity index (χ2v) is 8.79. The molecule has 0 unspecified atom stereocenters. The van der Waals surface area contributed by atoms with Gasteiger partial charge in [-0.1, -0.05) is 36.4 Å². The highest BCUT2D eigenvalue weighted by molar-refractivity contribution is 7.89. The van der Waals surface area contributed by atoms with Crippen molar-refractivity contribution >= 4 is 26.8 Å². The van der Waals surface area contributed by atoms with Crippen LogP contribution < -0.4 is 0 Å². The summed E-state index contributed by atoms with van der Waals surface area (Å²) in [4.78, 5) is 15.2. The Morgan fingerprint density at radius 2 is 1.57 bits per heavy atom. The molecule has 0 N–H and O–H groups in total. The first kappa shape index (κ1) is 18.7. The Morgan fingerprint density at radius 3 is 2.25 bits per heavy atom. The molecule has 4 rings (SSSR count). The van der Waals surface area contributed by atoms with E-state index in [2.05, 4.69) is 4.57 Å². The number of sulfonamides is 1. The van der Waals surface area contributed by atoms with Gasteiger partial charge in [0.15, 0.2) is 0 Å². The maximum Gasteiger partial charge on any atom is 0.256 e. The first-order valence-electron chi connectivity index (χ1n) is 9.44. The number of piperazine rings is 1. The minimum Gasteiger partial charge on any atom is -0.347 e. The molecule has 1 amide bonds. The molecule has 0 bridgehead atoms. The second kappa shape index (κ2) is 7.41. The van der Waals surface area contributed by atoms with Crippen molar-refractivity contribution < 1.29 is 13.2 Å². The molecule has 28 heavy (non-hydrogen) atoms. The molecule has 6 nitrogen and oxygen atoms in total. The molecule has 3 aromatic rings. The SMILES string of the molecule is CCn1cc(C(=O)N2CCN(S(=O)(=O)c3ccccc3)CC2)c2ccccc21. The normalized spacial score (nSPS) is 15.8. The van der Waals surface area contributed by atoms with Gasteiger partial charge in [-0.15, -0.1) is 0 Å². The number of amides is 1. The van der Waals surface area contributed by atoms with E-state index in [0.29, 0.717) is 36.6 Å². The summed E-state index contributed by atoms with van der Waals surface area (Å²) < 4.78 is 29.1. The van der Waals surface area contributed by atoms with E-state index in [1.807, 2.05) is 37.4 Å². The fraction of sp³-hybridized carbons (Fsp3) is 0.286. The number of carbonyl (C=O) groups excluding carboxylic acids is 1. The molecule has 2 heterocycles. The number of aryl methyl sites for hydroxylation is 1. The molecule has 1 aliphatic rings. The van der Waals surface area contributed by atoms with Crippen LogP contribution in [0.3, 0.4) is 0 Å². The van der Waals surface area contributed by atoms with E-state index in [-0.39, 0.29) is 5.91 Å². The first-order chi connectivity index (χ1) is 13.5. The second-order valence-electron chi connectivity index (χ2n) is 6.86. The number of benzene rings is 2. The van der Waals surface area contributed by atoms with Crippen molar-refractivity contribution in [3.8, 4) is 0 Å². The minimum absolute atomic E-state index is 0.0415. The average Bonchev–Trinajstić information content (AvgIpc) is 3.13. The number of fused-ring (bicyclic) bond motifs is 1. The molecule has 1 aromatic heterocycles. The minimum atomic E-state index is -3.52. The highest BCUT2D eigenvalue weighted by atomic mass is 32.2. The van der Waals surface area contributed by atoms with Crippen molar-refractivity contribution in [2.75, 3.05) is 26.2 Å². The Kier molecular flexibility index (Phi) is 4.95. The van der Waals surface area contributed by atoms with Gasteiger partial charge in [-0.3, -0.25) is 4.79 Å². The number of aromatic nitrogens is 1. The number of hydrogen-bond acceptors (Lipinski definition) is 3. The molecule has 1 saturated heterocycles. The highest BCUT2D eigenvalue weighted by Crippen LogP contribution is 2.24. The average molecular weight is 398 g/mol. The number of rotatable bonds is 4. The molecule has 146 valence electrons. The zero-order valence-electron chi connectivity index (χ0n) is 15.8. The van der Waals surface area contributed by atoms with E-state index in [1.54, 1.807) is 35.2 Å². The largest absolute Gasteiger partial charge is 0.347 e. The lowest BCUT2D eigenvalue weighted by Crippen LogP contribution is -2.50. The summed E-state index contributed by atoms with van der Waals surface area (Å²) in [6.45, 7) is 4.21. The Labute approximate surface area is 165 Å². The van der Waals surface area contributed by atoms with Crippen molar-refractivity contribution in [3.05, 3.63) is 66.4 Å². The predicted molar refractivity (Wildman–Crippen MR) is 109 cm³/mol. The maximum absolute atomic E-state index is 13.1. The van der Waals surface area contributed by atoms with Gasteiger partial charge in [0, 0.05) is 49.8 Å². The van der Waals surface area contributed by atoms with Gasteiger partial charge in [-0.25, -0.2) is 8.42 Å². The molecule has 0 radical (unpaired) electrons. The van der Waals surface area contributed by atoms with E-state index in [4.69, 9.17) is 0 Å². The Hall–Kier alpha value is -2.64. The molecule has 1 aliphatic heterocycles. The van der Waals surface area contributed by atoms with Gasteiger partial charge in [-0.05, 0) is 25.1 Å². The van der Waals surface area contributed by atoms with E-state index < -0.39 is 10.0 Å². The molecule has 0 aliphatic carbocycles. The topological polar surface area (TPSA) is 62.6 Å². The van der Waals surface area contributed by atoms with Crippen LogP contribution in [0.2, 0.25) is 0 Å². The molecule has 2 aromatic carbocycles. The molecule has 0 spiro atoms. The number of hydrogen-bond donors (Lipinski definition) is 0. The summed E-state index contributed by atoms with van der Waals surface area (Å²) in [5.74, 6) is -0.0415. The maximum atomic E-state index is 13.1. The summed E-state index contributed by atoms with van der Waals surface area (Å²) in [6, 6.07) is 16.3. The van der Waals surface area contributed by atoms with E-state index >= 15 is 0 Å². The van der Waals surface area contributed by atoms with Crippen LogP contribution in [0.1, 0.15) is 17.3 Å². The van der Waals surface area contributed by atoms with E-state index in [1.165, 1.54) is 4.31 Å². The van der Waals surface area contributed by atoms with Crippen molar-refractivity contribution in [2.45, 2.75) is 18.4 Å². The third-order valence-electron chi connectivity index (χ3n) is 5.27. The summed E-state index contributed by atoms with van der Waals surface area (Å²) in [5.41, 5.74) is 1.72. The molecule has 0 atom stereocenters. The summed E-state index contributed by atoms with van der Waals surface area (Å²) >= 11 is 0. The van der Waals surface area contributed by atoms with Gasteiger partial charge in [0.2, 0.25) is 10.0 Å². The number of para-hydroxylation sites is 1. The van der Waals surface area contributed by atoms with Crippen LogP contribution in [-0.2, 0) is 16.6 Å². The van der Waals surface area contributed by atoms with Crippen LogP contribution in [0.25, 0.3) is 10.9 Å². The molecule has 1 fully saturated rings. The summed E-state index contributed by atoms with van der Waals surface area (Å²) in [6.07, 6.45) is 1.90. The number of nitrogens with zero attached hydrogens (tertiary/aromatic N) is 3. The zero-order chi connectivity index (χ0) is 19.7. The van der Waals surface area contributed by atoms with Crippen molar-refractivity contribution in [2.24, 2.45) is 0 Å². The summed E-state index contributed by atoms with van der Waals surface area (Å²) in [7, 11) is -3.52. The fourth-order valence-electron chi connectivity index (χ4n) is 3.72. The lowest BCUT2D eigenvalue weighted by Gasteiger charge is -2.34. The van der Waals surface area contributed by atoms with Crippen LogP contribution in [0.15, 0.2) is 65.7 Å². The van der Waals surface area contributed by atoms with Gasteiger partial charge in [0.05, 0.1) is 10.5 Å². The highest BCUT2D eigenvalue weighted by Gasteiger charge is 2.31. The molecule has 7 heteroatoms. The summed E-state index contributed by atoms with van der Waals surface area (Å²) in [5, 5.41) is 0.939. The van der Waals surface area contributed by atoms with Crippen LogP contribution in [-0.4, -0.2) is 54.3 Å². The van der Waals surface area contributed by atoms with Gasteiger partial charge >= 0.3 is 0 Å². The fourth-order valence-corrected chi connectivity index (χ4v) is 5.17. The van der Waals surface area contributed by atoms with Crippen LogP contribution in [0, 0.1) is 0 Å². The number of carbonyl (C=O) groups is 1. The Bertz CT molecular complexity index is 1100. The third kappa shape index (κ3) is 3.21. The smallest absolute Gasteiger partial charge is 0.256 e. The van der Waals surface area contributed by atoms with Gasteiger partial charge in [0.25, 0.3) is 5.91 Å². The lowest BCUT2D eigenvalue weighted by molar-refractivity contribution is 0.0699. The van der Waals surface area contributed by atoms with E-state index in [0.717, 1.165) is 17.4 Å². The van der Waals surface area contributed by atoms with E-state index in [9.17, 15) is 13.2 Å². The van der Waals surface area contributed by atoms with Crippen LogP contribution >= 0.6 is 0 Å². The van der Waals surface area contributed by atoms with Gasteiger partial charge < -0.3 is 9.47 Å². The molecular formula is C21H23N3O3S. The third-order valence-corrected chi connectivity index (χ3v) is 7.18.